The standard InChI is InChI=1S/C19H21N3O3/c20-16(9-12-5-7-15(23)8-6-12)19(25)22-11-14-4-2-1-3-13(14)10-17(22)18(21)24/h1-8,16-17,23H,9-11,20H2,(H2,21,24)/t16-,17?/m1/s1. The number of primary amides is 1. The van der Waals surface area contributed by atoms with Gasteiger partial charge in [-0.2, -0.15) is 0 Å². The second-order valence-corrected chi connectivity index (χ2v) is 6.33. The molecule has 0 bridgehead atoms. The lowest BCUT2D eigenvalue weighted by molar-refractivity contribution is -0.141. The summed E-state index contributed by atoms with van der Waals surface area (Å²) in [5.74, 6) is -0.670. The van der Waals surface area contributed by atoms with Gasteiger partial charge >= 0.3 is 0 Å². The first-order valence-electron chi connectivity index (χ1n) is 8.16. The number of carbonyl (C=O) groups is 2. The summed E-state index contributed by atoms with van der Waals surface area (Å²) in [6.07, 6.45) is 0.728. The van der Waals surface area contributed by atoms with Gasteiger partial charge in [-0.05, 0) is 35.2 Å². The zero-order chi connectivity index (χ0) is 18.0. The molecule has 1 aliphatic heterocycles. The minimum atomic E-state index is -0.781. The third-order valence-corrected chi connectivity index (χ3v) is 4.57. The van der Waals surface area contributed by atoms with Crippen molar-refractivity contribution in [2.75, 3.05) is 0 Å². The molecule has 0 fully saturated rings. The Hall–Kier alpha value is -2.86. The molecular weight excluding hydrogens is 318 g/mol. The highest BCUT2D eigenvalue weighted by molar-refractivity contribution is 5.89. The fraction of sp³-hybridized carbons (Fsp3) is 0.263. The van der Waals surface area contributed by atoms with Crippen molar-refractivity contribution in [1.82, 2.24) is 4.90 Å². The molecule has 0 saturated heterocycles. The van der Waals surface area contributed by atoms with Gasteiger partial charge in [-0.3, -0.25) is 9.59 Å². The normalized spacial score (nSPS) is 17.6. The Labute approximate surface area is 146 Å². The van der Waals surface area contributed by atoms with Gasteiger partial charge in [0.15, 0.2) is 0 Å². The highest BCUT2D eigenvalue weighted by atomic mass is 16.3. The van der Waals surface area contributed by atoms with Gasteiger partial charge in [0.05, 0.1) is 6.04 Å². The summed E-state index contributed by atoms with van der Waals surface area (Å²) in [7, 11) is 0. The van der Waals surface area contributed by atoms with Crippen molar-refractivity contribution in [1.29, 1.82) is 0 Å². The molecule has 5 N–H and O–H groups in total. The van der Waals surface area contributed by atoms with Crippen LogP contribution < -0.4 is 11.5 Å². The minimum Gasteiger partial charge on any atom is -0.508 e. The number of rotatable bonds is 4. The van der Waals surface area contributed by atoms with Crippen LogP contribution in [0.5, 0.6) is 5.75 Å². The van der Waals surface area contributed by atoms with Crippen LogP contribution >= 0.6 is 0 Å². The molecule has 3 rings (SSSR count). The first-order valence-corrected chi connectivity index (χ1v) is 8.16. The van der Waals surface area contributed by atoms with Crippen LogP contribution in [0.1, 0.15) is 16.7 Å². The monoisotopic (exact) mass is 339 g/mol. The van der Waals surface area contributed by atoms with Crippen LogP contribution in [0, 0.1) is 0 Å². The van der Waals surface area contributed by atoms with Gasteiger partial charge < -0.3 is 21.5 Å². The van der Waals surface area contributed by atoms with E-state index in [0.29, 0.717) is 19.4 Å². The Bertz CT molecular complexity index is 789. The first kappa shape index (κ1) is 17.0. The van der Waals surface area contributed by atoms with Crippen LogP contribution in [0.15, 0.2) is 48.5 Å². The van der Waals surface area contributed by atoms with Crippen LogP contribution in [0.3, 0.4) is 0 Å². The van der Waals surface area contributed by atoms with E-state index in [-0.39, 0.29) is 11.7 Å². The SMILES string of the molecule is NC(=O)C1Cc2ccccc2CN1C(=O)[C@H](N)Cc1ccc(O)cc1. The molecular formula is C19H21N3O3. The Balaban J connectivity index is 1.79. The van der Waals surface area contributed by atoms with Gasteiger partial charge in [-0.25, -0.2) is 0 Å². The molecule has 0 aliphatic carbocycles. The van der Waals surface area contributed by atoms with Crippen molar-refractivity contribution >= 4 is 11.8 Å². The average molecular weight is 339 g/mol. The summed E-state index contributed by atoms with van der Waals surface area (Å²) in [5.41, 5.74) is 14.5. The Kier molecular flexibility index (Phi) is 4.72. The largest absolute Gasteiger partial charge is 0.508 e. The fourth-order valence-electron chi connectivity index (χ4n) is 3.20. The highest BCUT2D eigenvalue weighted by Crippen LogP contribution is 2.24. The van der Waals surface area contributed by atoms with Crippen molar-refractivity contribution in [3.63, 3.8) is 0 Å². The molecule has 1 heterocycles. The number of amides is 2. The summed E-state index contributed by atoms with van der Waals surface area (Å²) in [6.45, 7) is 0.325. The lowest BCUT2D eigenvalue weighted by Crippen LogP contribution is -2.55. The molecule has 2 amide bonds. The maximum Gasteiger partial charge on any atom is 0.240 e. The minimum absolute atomic E-state index is 0.157. The molecule has 0 spiro atoms. The second kappa shape index (κ2) is 6.94. The zero-order valence-corrected chi connectivity index (χ0v) is 13.8. The molecule has 1 aliphatic rings. The third-order valence-electron chi connectivity index (χ3n) is 4.57. The highest BCUT2D eigenvalue weighted by Gasteiger charge is 2.35. The van der Waals surface area contributed by atoms with Gasteiger partial charge in [0.1, 0.15) is 11.8 Å². The number of benzene rings is 2. The lowest BCUT2D eigenvalue weighted by atomic mass is 9.92. The van der Waals surface area contributed by atoms with Crippen LogP contribution in [0.4, 0.5) is 0 Å². The van der Waals surface area contributed by atoms with Crippen LogP contribution in [-0.2, 0) is 29.0 Å². The smallest absolute Gasteiger partial charge is 0.240 e. The summed E-state index contributed by atoms with van der Waals surface area (Å²) >= 11 is 0. The number of fused-ring (bicyclic) bond motifs is 1. The van der Waals surface area contributed by atoms with E-state index in [1.807, 2.05) is 24.3 Å². The van der Waals surface area contributed by atoms with E-state index in [4.69, 9.17) is 11.5 Å². The molecule has 2 aromatic carbocycles. The lowest BCUT2D eigenvalue weighted by Gasteiger charge is -2.36. The number of hydrogen-bond donors (Lipinski definition) is 3. The number of nitrogens with zero attached hydrogens (tertiary/aromatic N) is 1. The number of phenolic OH excluding ortho intramolecular Hbond substituents is 1. The summed E-state index contributed by atoms with van der Waals surface area (Å²) in [4.78, 5) is 26.2. The van der Waals surface area contributed by atoms with E-state index in [2.05, 4.69) is 0 Å². The van der Waals surface area contributed by atoms with E-state index in [1.54, 1.807) is 24.3 Å². The summed E-state index contributed by atoms with van der Waals surface area (Å²) in [5, 5.41) is 9.33. The number of carbonyl (C=O) groups excluding carboxylic acids is 2. The zero-order valence-electron chi connectivity index (χ0n) is 13.8. The molecule has 6 heteroatoms. The van der Waals surface area contributed by atoms with E-state index in [9.17, 15) is 14.7 Å². The predicted molar refractivity (Wildman–Crippen MR) is 93.5 cm³/mol. The van der Waals surface area contributed by atoms with E-state index in [0.717, 1.165) is 16.7 Å². The van der Waals surface area contributed by atoms with Gasteiger partial charge in [-0.1, -0.05) is 36.4 Å². The van der Waals surface area contributed by atoms with Crippen molar-refractivity contribution < 1.29 is 14.7 Å². The molecule has 0 aromatic heterocycles. The fourth-order valence-corrected chi connectivity index (χ4v) is 3.20. The van der Waals surface area contributed by atoms with Crippen molar-refractivity contribution in [2.24, 2.45) is 11.5 Å². The Morgan fingerprint density at radius 2 is 1.76 bits per heavy atom. The predicted octanol–water partition coefficient (Wildman–Crippen LogP) is 0.701. The van der Waals surface area contributed by atoms with Gasteiger partial charge in [0, 0.05) is 13.0 Å². The van der Waals surface area contributed by atoms with Gasteiger partial charge in [-0.15, -0.1) is 0 Å². The van der Waals surface area contributed by atoms with Crippen LogP contribution in [0.25, 0.3) is 0 Å². The van der Waals surface area contributed by atoms with Gasteiger partial charge in [0.25, 0.3) is 0 Å². The number of aromatic hydroxyl groups is 1. The topological polar surface area (TPSA) is 110 Å². The summed E-state index contributed by atoms with van der Waals surface area (Å²) < 4.78 is 0. The maximum absolute atomic E-state index is 12.8. The van der Waals surface area contributed by atoms with E-state index < -0.39 is 18.0 Å². The molecule has 1 unspecified atom stereocenters. The van der Waals surface area contributed by atoms with Gasteiger partial charge in [0.2, 0.25) is 11.8 Å². The van der Waals surface area contributed by atoms with E-state index in [1.165, 1.54) is 4.90 Å². The molecule has 2 atom stereocenters. The molecule has 25 heavy (non-hydrogen) atoms. The first-order chi connectivity index (χ1) is 12.0. The quantitative estimate of drug-likeness (QED) is 0.761. The molecule has 6 nitrogen and oxygen atoms in total. The Morgan fingerprint density at radius 3 is 2.40 bits per heavy atom. The van der Waals surface area contributed by atoms with E-state index >= 15 is 0 Å². The molecule has 0 radical (unpaired) electrons. The molecule has 0 saturated carbocycles. The maximum atomic E-state index is 12.8. The molecule has 2 aromatic rings. The Morgan fingerprint density at radius 1 is 1.12 bits per heavy atom. The van der Waals surface area contributed by atoms with Crippen molar-refractivity contribution in [3.8, 4) is 5.75 Å². The third kappa shape index (κ3) is 3.64. The van der Waals surface area contributed by atoms with Crippen LogP contribution in [0.2, 0.25) is 0 Å². The molecule has 130 valence electrons. The van der Waals surface area contributed by atoms with Crippen LogP contribution in [-0.4, -0.2) is 33.9 Å². The number of phenols is 1. The number of nitrogens with two attached hydrogens (primary N) is 2. The number of hydrogen-bond acceptors (Lipinski definition) is 4. The average Bonchev–Trinajstić information content (AvgIpc) is 2.61. The summed E-state index contributed by atoms with van der Waals surface area (Å²) in [6, 6.07) is 12.8. The second-order valence-electron chi connectivity index (χ2n) is 6.33. The van der Waals surface area contributed by atoms with Crippen molar-refractivity contribution in [3.05, 3.63) is 65.2 Å². The van der Waals surface area contributed by atoms with Crippen molar-refractivity contribution in [2.45, 2.75) is 31.5 Å².